The molecule has 1 aliphatic heterocycles. The molecule has 3 aromatic heterocycles. The number of benzene rings is 1. The molecule has 0 bridgehead atoms. The van der Waals surface area contributed by atoms with E-state index in [1.165, 1.54) is 6.33 Å². The van der Waals surface area contributed by atoms with Crippen molar-refractivity contribution in [3.8, 4) is 0 Å². The summed E-state index contributed by atoms with van der Waals surface area (Å²) in [6.07, 6.45) is 6.99. The molecular formula is C21H21N5O2. The molecule has 7 nitrogen and oxygen atoms in total. The second kappa shape index (κ2) is 7.16. The summed E-state index contributed by atoms with van der Waals surface area (Å²) in [5.74, 6) is 0.431. The predicted octanol–water partition coefficient (Wildman–Crippen LogP) is 2.81. The quantitative estimate of drug-likeness (QED) is 0.546. The van der Waals surface area contributed by atoms with Crippen LogP contribution in [0.15, 0.2) is 58.4 Å². The van der Waals surface area contributed by atoms with Gasteiger partial charge in [-0.2, -0.15) is 0 Å². The van der Waals surface area contributed by atoms with Gasteiger partial charge in [-0.1, -0.05) is 17.3 Å². The van der Waals surface area contributed by atoms with E-state index >= 15 is 0 Å². The van der Waals surface area contributed by atoms with Crippen LogP contribution in [0.3, 0.4) is 0 Å². The molecule has 0 atom stereocenters. The first-order valence-electron chi connectivity index (χ1n) is 9.65. The third kappa shape index (κ3) is 3.07. The average molecular weight is 375 g/mol. The average Bonchev–Trinajstić information content (AvgIpc) is 3.18. The topological polar surface area (TPSA) is 77.1 Å². The van der Waals surface area contributed by atoms with Gasteiger partial charge in [-0.15, -0.1) is 0 Å². The lowest BCUT2D eigenvalue weighted by atomic mass is 9.91. The molecule has 0 saturated carbocycles. The van der Waals surface area contributed by atoms with Crippen molar-refractivity contribution in [3.05, 3.63) is 65.1 Å². The van der Waals surface area contributed by atoms with Gasteiger partial charge in [0.25, 0.3) is 5.56 Å². The van der Waals surface area contributed by atoms with Gasteiger partial charge in [-0.25, -0.2) is 9.97 Å². The number of nitrogens with zero attached hydrogens (tertiary/aromatic N) is 5. The van der Waals surface area contributed by atoms with Gasteiger partial charge >= 0.3 is 0 Å². The van der Waals surface area contributed by atoms with E-state index in [0.29, 0.717) is 23.4 Å². The lowest BCUT2D eigenvalue weighted by Gasteiger charge is -2.31. The van der Waals surface area contributed by atoms with E-state index in [4.69, 9.17) is 4.52 Å². The van der Waals surface area contributed by atoms with Crippen molar-refractivity contribution in [2.75, 3.05) is 19.6 Å². The summed E-state index contributed by atoms with van der Waals surface area (Å²) >= 11 is 0. The van der Waals surface area contributed by atoms with E-state index in [0.717, 1.165) is 49.1 Å². The Labute approximate surface area is 161 Å². The molecule has 4 heterocycles. The zero-order valence-corrected chi connectivity index (χ0v) is 15.5. The van der Waals surface area contributed by atoms with Crippen molar-refractivity contribution < 1.29 is 4.52 Å². The van der Waals surface area contributed by atoms with Gasteiger partial charge < -0.3 is 14.0 Å². The molecule has 0 radical (unpaired) electrons. The summed E-state index contributed by atoms with van der Waals surface area (Å²) in [5, 5.41) is 6.03. The number of hydrogen-bond acceptors (Lipinski definition) is 6. The monoisotopic (exact) mass is 375 g/mol. The van der Waals surface area contributed by atoms with Crippen LogP contribution in [0.4, 0.5) is 0 Å². The second-order valence-corrected chi connectivity index (χ2v) is 7.32. The molecule has 0 N–H and O–H groups in total. The molecule has 142 valence electrons. The van der Waals surface area contributed by atoms with Crippen molar-refractivity contribution in [2.45, 2.75) is 25.3 Å². The van der Waals surface area contributed by atoms with Gasteiger partial charge in [0.05, 0.1) is 16.6 Å². The first-order chi connectivity index (χ1) is 13.8. The predicted molar refractivity (Wildman–Crippen MR) is 106 cm³/mol. The largest absolute Gasteiger partial charge is 0.356 e. The van der Waals surface area contributed by atoms with Crippen molar-refractivity contribution in [1.82, 2.24) is 24.6 Å². The van der Waals surface area contributed by atoms with E-state index in [2.05, 4.69) is 26.1 Å². The fraction of sp³-hybridized carbons (Fsp3) is 0.333. The molecule has 0 unspecified atom stereocenters. The van der Waals surface area contributed by atoms with Crippen LogP contribution in [0.1, 0.15) is 24.5 Å². The number of hydrogen-bond donors (Lipinski definition) is 0. The van der Waals surface area contributed by atoms with Crippen LogP contribution in [0.25, 0.3) is 21.9 Å². The molecule has 4 aromatic rings. The van der Waals surface area contributed by atoms with Crippen LogP contribution in [0, 0.1) is 0 Å². The van der Waals surface area contributed by atoms with Crippen LogP contribution in [0.2, 0.25) is 0 Å². The van der Waals surface area contributed by atoms with Crippen LogP contribution in [0.5, 0.6) is 0 Å². The zero-order valence-electron chi connectivity index (χ0n) is 15.5. The highest BCUT2D eigenvalue weighted by Gasteiger charge is 2.24. The number of likely N-dealkylation sites (tertiary alicyclic amines) is 1. The molecule has 28 heavy (non-hydrogen) atoms. The van der Waals surface area contributed by atoms with Crippen LogP contribution >= 0.6 is 0 Å². The standard InChI is InChI=1S/C21H21N5O2/c27-21-17-13-22-14-23-18(17)7-10-26(21)12-11-25-8-5-15(6-9-25)20-16-3-1-2-4-19(16)28-24-20/h1-4,7,10,13-15H,5-6,8-9,11-12H2. The number of para-hydroxylation sites is 1. The maximum Gasteiger partial charge on any atom is 0.261 e. The second-order valence-electron chi connectivity index (χ2n) is 7.32. The summed E-state index contributed by atoms with van der Waals surface area (Å²) in [7, 11) is 0. The minimum Gasteiger partial charge on any atom is -0.356 e. The summed E-state index contributed by atoms with van der Waals surface area (Å²) in [6.45, 7) is 3.52. The van der Waals surface area contributed by atoms with Gasteiger partial charge in [-0.3, -0.25) is 4.79 Å². The Hall–Kier alpha value is -3.06. The summed E-state index contributed by atoms with van der Waals surface area (Å²) < 4.78 is 7.22. The van der Waals surface area contributed by atoms with Gasteiger partial charge in [0, 0.05) is 36.8 Å². The Morgan fingerprint density at radius 2 is 1.93 bits per heavy atom. The maximum absolute atomic E-state index is 12.6. The van der Waals surface area contributed by atoms with E-state index < -0.39 is 0 Å². The van der Waals surface area contributed by atoms with Crippen molar-refractivity contribution in [2.24, 2.45) is 0 Å². The molecule has 1 fully saturated rings. The third-order valence-corrected chi connectivity index (χ3v) is 5.68. The first-order valence-corrected chi connectivity index (χ1v) is 9.65. The summed E-state index contributed by atoms with van der Waals surface area (Å²) in [5.41, 5.74) is 2.61. The number of aromatic nitrogens is 4. The molecule has 7 heteroatoms. The molecule has 1 aromatic carbocycles. The molecule has 0 amide bonds. The van der Waals surface area contributed by atoms with Gasteiger partial charge in [-0.05, 0) is 44.1 Å². The zero-order chi connectivity index (χ0) is 18.9. The third-order valence-electron chi connectivity index (χ3n) is 5.68. The number of rotatable bonds is 4. The number of piperidine rings is 1. The Balaban J connectivity index is 1.23. The van der Waals surface area contributed by atoms with E-state index in [1.54, 1.807) is 10.8 Å². The normalized spacial score (nSPS) is 16.1. The van der Waals surface area contributed by atoms with E-state index in [-0.39, 0.29) is 5.56 Å². The first kappa shape index (κ1) is 17.1. The van der Waals surface area contributed by atoms with Crippen molar-refractivity contribution >= 4 is 21.9 Å². The maximum atomic E-state index is 12.6. The van der Waals surface area contributed by atoms with Crippen LogP contribution in [-0.4, -0.2) is 44.2 Å². The smallest absolute Gasteiger partial charge is 0.261 e. The Kier molecular flexibility index (Phi) is 4.37. The highest BCUT2D eigenvalue weighted by molar-refractivity contribution is 5.79. The Morgan fingerprint density at radius 1 is 1.07 bits per heavy atom. The Bertz CT molecular complexity index is 1170. The van der Waals surface area contributed by atoms with Gasteiger partial charge in [0.2, 0.25) is 0 Å². The molecule has 5 rings (SSSR count). The fourth-order valence-corrected chi connectivity index (χ4v) is 4.07. The highest BCUT2D eigenvalue weighted by atomic mass is 16.5. The molecule has 0 spiro atoms. The minimum atomic E-state index is -0.0259. The molecule has 0 aliphatic carbocycles. The van der Waals surface area contributed by atoms with Crippen molar-refractivity contribution in [3.63, 3.8) is 0 Å². The Morgan fingerprint density at radius 3 is 2.82 bits per heavy atom. The summed E-state index contributed by atoms with van der Waals surface area (Å²) in [6, 6.07) is 9.93. The minimum absolute atomic E-state index is 0.0259. The molecule has 1 aliphatic rings. The lowest BCUT2D eigenvalue weighted by molar-refractivity contribution is 0.202. The van der Waals surface area contributed by atoms with E-state index in [9.17, 15) is 4.79 Å². The van der Waals surface area contributed by atoms with Crippen molar-refractivity contribution in [1.29, 1.82) is 0 Å². The molecule has 1 saturated heterocycles. The summed E-state index contributed by atoms with van der Waals surface area (Å²) in [4.78, 5) is 23.1. The lowest BCUT2D eigenvalue weighted by Crippen LogP contribution is -2.36. The number of fused-ring (bicyclic) bond motifs is 2. The van der Waals surface area contributed by atoms with Crippen LogP contribution in [-0.2, 0) is 6.54 Å². The van der Waals surface area contributed by atoms with E-state index in [1.807, 2.05) is 30.5 Å². The van der Waals surface area contributed by atoms with Gasteiger partial charge in [0.1, 0.15) is 6.33 Å². The highest BCUT2D eigenvalue weighted by Crippen LogP contribution is 2.32. The number of pyridine rings is 1. The molecular weight excluding hydrogens is 354 g/mol. The fourth-order valence-electron chi connectivity index (χ4n) is 4.07. The SMILES string of the molecule is O=c1c2cncnc2ccn1CCN1CCC(c2noc3ccccc23)CC1. The van der Waals surface area contributed by atoms with Crippen LogP contribution < -0.4 is 5.56 Å². The van der Waals surface area contributed by atoms with Gasteiger partial charge in [0.15, 0.2) is 5.58 Å².